The second-order valence-electron chi connectivity index (χ2n) is 2.77. The van der Waals surface area contributed by atoms with Crippen LogP contribution in [0.3, 0.4) is 0 Å². The van der Waals surface area contributed by atoms with Crippen molar-refractivity contribution >= 4 is 10.0 Å². The number of sulfonamides is 1. The molecule has 0 rings (SSSR count). The highest BCUT2D eigenvalue weighted by molar-refractivity contribution is 7.89. The van der Waals surface area contributed by atoms with Crippen LogP contribution in [-0.2, 0) is 10.0 Å². The smallest absolute Gasteiger partial charge is 0.214 e. The summed E-state index contributed by atoms with van der Waals surface area (Å²) in [7, 11) is -1.68. The third kappa shape index (κ3) is 4.88. The molecule has 0 aromatic rings. The predicted molar refractivity (Wildman–Crippen MR) is 53.5 cm³/mol. The topological polar surface area (TPSA) is 63.4 Å². The van der Waals surface area contributed by atoms with Crippen LogP contribution in [0.4, 0.5) is 0 Å². The summed E-state index contributed by atoms with van der Waals surface area (Å²) in [6, 6.07) is 0. The molecule has 0 unspecified atom stereocenters. The number of hydrogen-bond acceptors (Lipinski definition) is 3. The van der Waals surface area contributed by atoms with Gasteiger partial charge in [-0.3, -0.25) is 0 Å². The van der Waals surface area contributed by atoms with Crippen LogP contribution in [0.5, 0.6) is 0 Å². The molecule has 0 aliphatic heterocycles. The largest absolute Gasteiger partial charge is 0.330 e. The molecule has 0 saturated carbocycles. The fraction of sp³-hybridized carbons (Fsp3) is 0.750. The fourth-order valence-corrected chi connectivity index (χ4v) is 1.96. The van der Waals surface area contributed by atoms with E-state index >= 15 is 0 Å². The fourth-order valence-electron chi connectivity index (χ4n) is 0.812. The van der Waals surface area contributed by atoms with E-state index in [0.29, 0.717) is 13.0 Å². The first-order chi connectivity index (χ1) is 6.04. The van der Waals surface area contributed by atoms with Gasteiger partial charge in [0.25, 0.3) is 0 Å². The van der Waals surface area contributed by atoms with Gasteiger partial charge in [0.05, 0.1) is 12.3 Å². The zero-order valence-corrected chi connectivity index (χ0v) is 8.68. The second-order valence-corrected chi connectivity index (χ2v) is 4.97. The summed E-state index contributed by atoms with van der Waals surface area (Å²) in [5.41, 5.74) is 5.25. The maximum absolute atomic E-state index is 11.4. The van der Waals surface area contributed by atoms with Crippen molar-refractivity contribution in [1.82, 2.24) is 4.31 Å². The van der Waals surface area contributed by atoms with E-state index < -0.39 is 10.0 Å². The third-order valence-electron chi connectivity index (χ3n) is 1.65. The first-order valence-corrected chi connectivity index (χ1v) is 5.73. The van der Waals surface area contributed by atoms with Gasteiger partial charge in [0.1, 0.15) is 0 Å². The molecule has 0 aromatic heterocycles. The van der Waals surface area contributed by atoms with E-state index in [-0.39, 0.29) is 12.3 Å². The molecule has 5 heteroatoms. The number of hydrogen-bond donors (Lipinski definition) is 1. The summed E-state index contributed by atoms with van der Waals surface area (Å²) in [6.45, 7) is 0.652. The van der Waals surface area contributed by atoms with Gasteiger partial charge in [-0.1, -0.05) is 5.92 Å². The first kappa shape index (κ1) is 12.4. The Kier molecular flexibility index (Phi) is 5.71. The Morgan fingerprint density at radius 2 is 2.08 bits per heavy atom. The number of terminal acetylenes is 1. The average Bonchev–Trinajstić information content (AvgIpc) is 2.05. The van der Waals surface area contributed by atoms with Gasteiger partial charge >= 0.3 is 0 Å². The molecule has 13 heavy (non-hydrogen) atoms. The Hall–Kier alpha value is -0.570. The van der Waals surface area contributed by atoms with Crippen LogP contribution in [-0.4, -0.2) is 38.6 Å². The maximum atomic E-state index is 11.4. The standard InChI is InChI=1S/C8H16N2O2S/c1-3-7-10(2)13(11,12)8-5-4-6-9/h1H,4-9H2,2H3. The lowest BCUT2D eigenvalue weighted by Crippen LogP contribution is -2.29. The van der Waals surface area contributed by atoms with E-state index in [1.165, 1.54) is 11.4 Å². The number of unbranched alkanes of at least 4 members (excludes halogenated alkanes) is 1. The average molecular weight is 204 g/mol. The zero-order chi connectivity index (χ0) is 10.3. The molecule has 0 aliphatic carbocycles. The SMILES string of the molecule is C#CCN(C)S(=O)(=O)CCCCN. The Bertz CT molecular complexity index is 266. The number of nitrogens with zero attached hydrogens (tertiary/aromatic N) is 1. The molecular weight excluding hydrogens is 188 g/mol. The first-order valence-electron chi connectivity index (χ1n) is 4.12. The summed E-state index contributed by atoms with van der Waals surface area (Å²) in [6.07, 6.45) is 6.32. The van der Waals surface area contributed by atoms with E-state index in [9.17, 15) is 8.42 Å². The lowest BCUT2D eigenvalue weighted by molar-refractivity contribution is 0.500. The van der Waals surface area contributed by atoms with Crippen LogP contribution in [0, 0.1) is 12.3 Å². The minimum Gasteiger partial charge on any atom is -0.330 e. The molecule has 0 saturated heterocycles. The molecule has 76 valence electrons. The van der Waals surface area contributed by atoms with Crippen LogP contribution in [0.2, 0.25) is 0 Å². The molecule has 0 fully saturated rings. The normalized spacial score (nSPS) is 11.5. The number of rotatable bonds is 6. The highest BCUT2D eigenvalue weighted by Crippen LogP contribution is 2.00. The van der Waals surface area contributed by atoms with Crippen molar-refractivity contribution in [3.8, 4) is 12.3 Å². The lowest BCUT2D eigenvalue weighted by Gasteiger charge is -2.13. The summed E-state index contributed by atoms with van der Waals surface area (Å²) < 4.78 is 24.0. The molecule has 0 radical (unpaired) electrons. The van der Waals surface area contributed by atoms with E-state index in [1.54, 1.807) is 0 Å². The quantitative estimate of drug-likeness (QED) is 0.474. The van der Waals surface area contributed by atoms with E-state index in [1.807, 2.05) is 0 Å². The van der Waals surface area contributed by atoms with Crippen LogP contribution < -0.4 is 5.73 Å². The van der Waals surface area contributed by atoms with Gasteiger partial charge in [-0.2, -0.15) is 4.31 Å². The van der Waals surface area contributed by atoms with E-state index in [2.05, 4.69) is 5.92 Å². The van der Waals surface area contributed by atoms with Crippen molar-refractivity contribution in [3.05, 3.63) is 0 Å². The van der Waals surface area contributed by atoms with Crippen molar-refractivity contribution < 1.29 is 8.42 Å². The van der Waals surface area contributed by atoms with Crippen molar-refractivity contribution in [1.29, 1.82) is 0 Å². The molecule has 2 N–H and O–H groups in total. The molecule has 0 aliphatic rings. The molecule has 0 aromatic carbocycles. The molecule has 4 nitrogen and oxygen atoms in total. The van der Waals surface area contributed by atoms with Gasteiger partial charge in [-0.25, -0.2) is 8.42 Å². The van der Waals surface area contributed by atoms with Gasteiger partial charge < -0.3 is 5.73 Å². The van der Waals surface area contributed by atoms with Crippen LogP contribution in [0.25, 0.3) is 0 Å². The Morgan fingerprint density at radius 3 is 2.54 bits per heavy atom. The summed E-state index contributed by atoms with van der Waals surface area (Å²) in [4.78, 5) is 0. The summed E-state index contributed by atoms with van der Waals surface area (Å²) in [5.74, 6) is 2.41. The zero-order valence-electron chi connectivity index (χ0n) is 7.86. The summed E-state index contributed by atoms with van der Waals surface area (Å²) >= 11 is 0. The third-order valence-corrected chi connectivity index (χ3v) is 3.53. The molecular formula is C8H16N2O2S. The Morgan fingerprint density at radius 1 is 1.46 bits per heavy atom. The van der Waals surface area contributed by atoms with Gasteiger partial charge in [0.2, 0.25) is 10.0 Å². The highest BCUT2D eigenvalue weighted by atomic mass is 32.2. The molecule has 0 heterocycles. The van der Waals surface area contributed by atoms with Crippen LogP contribution in [0.1, 0.15) is 12.8 Å². The van der Waals surface area contributed by atoms with Gasteiger partial charge in [0.15, 0.2) is 0 Å². The molecule has 0 amide bonds. The van der Waals surface area contributed by atoms with Crippen molar-refractivity contribution in [2.45, 2.75) is 12.8 Å². The maximum Gasteiger partial charge on any atom is 0.214 e. The van der Waals surface area contributed by atoms with Gasteiger partial charge in [0, 0.05) is 7.05 Å². The van der Waals surface area contributed by atoms with E-state index in [0.717, 1.165) is 6.42 Å². The monoisotopic (exact) mass is 204 g/mol. The molecule has 0 spiro atoms. The Labute approximate surface area is 80.2 Å². The van der Waals surface area contributed by atoms with Crippen LogP contribution in [0.15, 0.2) is 0 Å². The van der Waals surface area contributed by atoms with Crippen molar-refractivity contribution in [3.63, 3.8) is 0 Å². The lowest BCUT2D eigenvalue weighted by atomic mass is 10.3. The van der Waals surface area contributed by atoms with Crippen molar-refractivity contribution in [2.24, 2.45) is 5.73 Å². The van der Waals surface area contributed by atoms with Gasteiger partial charge in [-0.05, 0) is 19.4 Å². The molecule has 0 atom stereocenters. The van der Waals surface area contributed by atoms with Crippen molar-refractivity contribution in [2.75, 3.05) is 25.9 Å². The highest BCUT2D eigenvalue weighted by Gasteiger charge is 2.15. The number of nitrogens with two attached hydrogens (primary N) is 1. The van der Waals surface area contributed by atoms with Crippen LogP contribution >= 0.6 is 0 Å². The van der Waals surface area contributed by atoms with E-state index in [4.69, 9.17) is 12.2 Å². The minimum atomic E-state index is -3.16. The van der Waals surface area contributed by atoms with Gasteiger partial charge in [-0.15, -0.1) is 6.42 Å². The minimum absolute atomic E-state index is 0.127. The Balaban J connectivity index is 4.01. The predicted octanol–water partition coefficient (Wildman–Crippen LogP) is -0.380. The summed E-state index contributed by atoms with van der Waals surface area (Å²) in [5, 5.41) is 0. The second kappa shape index (κ2) is 5.97. The molecule has 0 bridgehead atoms.